The zero-order valence-electron chi connectivity index (χ0n) is 20.4. The number of amides is 4. The molecule has 1 aliphatic heterocycles. The molecule has 2 aromatic rings. The standard InChI is InChI=1S/C26H30N4O4S/c1-15(2)18-11-9-17(10-12-18)13-21-24(32)30(19-7-6-8-20(14-19)34-5)26(28-21)35-22(16(3)4)23(31)29-25(27)33/h6-16,22H,1-5H3,(H3,27,29,31,33)/b21-13+. The SMILES string of the molecule is COc1cccc(N2C(=O)/C(=C\c3ccc(C(C)C)cc3)N=C2SC(C(=O)NC(N)=O)C(C)C)c1. The van der Waals surface area contributed by atoms with Crippen LogP contribution in [-0.2, 0) is 9.59 Å². The zero-order valence-corrected chi connectivity index (χ0v) is 21.3. The van der Waals surface area contributed by atoms with Gasteiger partial charge in [0, 0.05) is 6.07 Å². The van der Waals surface area contributed by atoms with Crippen molar-refractivity contribution in [1.29, 1.82) is 0 Å². The lowest BCUT2D eigenvalue weighted by molar-refractivity contribution is -0.120. The second kappa shape index (κ2) is 11.2. The van der Waals surface area contributed by atoms with Crippen LogP contribution in [0, 0.1) is 5.92 Å². The van der Waals surface area contributed by atoms with Gasteiger partial charge in [0.2, 0.25) is 5.91 Å². The van der Waals surface area contributed by atoms with Gasteiger partial charge in [-0.15, -0.1) is 0 Å². The number of urea groups is 1. The molecule has 0 spiro atoms. The Labute approximate surface area is 209 Å². The first-order valence-electron chi connectivity index (χ1n) is 11.3. The number of benzene rings is 2. The average molecular weight is 495 g/mol. The van der Waals surface area contributed by atoms with Crippen LogP contribution in [0.2, 0.25) is 0 Å². The van der Waals surface area contributed by atoms with E-state index in [1.807, 2.05) is 38.1 Å². The van der Waals surface area contributed by atoms with E-state index in [1.165, 1.54) is 10.5 Å². The molecule has 0 saturated heterocycles. The van der Waals surface area contributed by atoms with Crippen molar-refractivity contribution in [2.75, 3.05) is 12.0 Å². The van der Waals surface area contributed by atoms with Crippen molar-refractivity contribution in [3.8, 4) is 5.75 Å². The molecule has 1 unspecified atom stereocenters. The highest BCUT2D eigenvalue weighted by atomic mass is 32.2. The molecular weight excluding hydrogens is 464 g/mol. The van der Waals surface area contributed by atoms with Crippen molar-refractivity contribution in [1.82, 2.24) is 5.32 Å². The quantitative estimate of drug-likeness (QED) is 0.550. The van der Waals surface area contributed by atoms with Gasteiger partial charge < -0.3 is 10.5 Å². The first-order valence-corrected chi connectivity index (χ1v) is 12.1. The van der Waals surface area contributed by atoms with Crippen LogP contribution >= 0.6 is 11.8 Å². The molecule has 0 aromatic heterocycles. The van der Waals surface area contributed by atoms with Gasteiger partial charge in [0.05, 0.1) is 18.0 Å². The number of methoxy groups -OCH3 is 1. The summed E-state index contributed by atoms with van der Waals surface area (Å²) in [6, 6.07) is 14.1. The molecule has 0 fully saturated rings. The summed E-state index contributed by atoms with van der Waals surface area (Å²) in [5.41, 5.74) is 7.98. The molecule has 1 aliphatic rings. The molecule has 2 aromatic carbocycles. The average Bonchev–Trinajstić information content (AvgIpc) is 3.11. The van der Waals surface area contributed by atoms with E-state index in [9.17, 15) is 14.4 Å². The lowest BCUT2D eigenvalue weighted by atomic mass is 10.0. The number of anilines is 1. The van der Waals surface area contributed by atoms with Crippen molar-refractivity contribution in [2.45, 2.75) is 38.9 Å². The Hall–Kier alpha value is -3.59. The van der Waals surface area contributed by atoms with Crippen LogP contribution in [0.25, 0.3) is 6.08 Å². The van der Waals surface area contributed by atoms with Crippen LogP contribution in [0.3, 0.4) is 0 Å². The Balaban J connectivity index is 2.02. The van der Waals surface area contributed by atoms with Crippen molar-refractivity contribution in [3.05, 3.63) is 65.4 Å². The summed E-state index contributed by atoms with van der Waals surface area (Å²) < 4.78 is 5.32. The minimum atomic E-state index is -0.930. The molecule has 184 valence electrons. The third-order valence-corrected chi connectivity index (χ3v) is 6.89. The van der Waals surface area contributed by atoms with E-state index >= 15 is 0 Å². The molecule has 0 radical (unpaired) electrons. The van der Waals surface area contributed by atoms with E-state index in [4.69, 9.17) is 10.5 Å². The molecule has 4 amide bonds. The third-order valence-electron chi connectivity index (χ3n) is 5.39. The molecule has 8 nitrogen and oxygen atoms in total. The Morgan fingerprint density at radius 1 is 1.11 bits per heavy atom. The maximum Gasteiger partial charge on any atom is 0.318 e. The largest absolute Gasteiger partial charge is 0.497 e. The monoisotopic (exact) mass is 494 g/mol. The van der Waals surface area contributed by atoms with Crippen LogP contribution in [0.4, 0.5) is 10.5 Å². The van der Waals surface area contributed by atoms with E-state index in [0.29, 0.717) is 22.5 Å². The van der Waals surface area contributed by atoms with Gasteiger partial charge in [-0.25, -0.2) is 9.79 Å². The molecule has 1 heterocycles. The summed E-state index contributed by atoms with van der Waals surface area (Å²) in [5, 5.41) is 1.76. The van der Waals surface area contributed by atoms with Crippen molar-refractivity contribution < 1.29 is 19.1 Å². The summed E-state index contributed by atoms with van der Waals surface area (Å²) in [7, 11) is 1.55. The number of hydrogen-bond acceptors (Lipinski definition) is 6. The number of nitrogens with zero attached hydrogens (tertiary/aromatic N) is 2. The second-order valence-electron chi connectivity index (χ2n) is 8.72. The van der Waals surface area contributed by atoms with Gasteiger partial charge in [0.1, 0.15) is 11.4 Å². The minimum absolute atomic E-state index is 0.166. The van der Waals surface area contributed by atoms with Gasteiger partial charge in [-0.2, -0.15) is 0 Å². The lowest BCUT2D eigenvalue weighted by Crippen LogP contribution is -2.43. The van der Waals surface area contributed by atoms with Crippen molar-refractivity contribution in [2.24, 2.45) is 16.6 Å². The molecule has 9 heteroatoms. The van der Waals surface area contributed by atoms with E-state index in [1.54, 1.807) is 37.5 Å². The van der Waals surface area contributed by atoms with Gasteiger partial charge in [-0.05, 0) is 41.2 Å². The second-order valence-corrected chi connectivity index (χ2v) is 9.83. The van der Waals surface area contributed by atoms with Crippen LogP contribution in [-0.4, -0.2) is 35.4 Å². The van der Waals surface area contributed by atoms with E-state index < -0.39 is 17.2 Å². The fraction of sp³-hybridized carbons (Fsp3) is 0.308. The fourth-order valence-corrected chi connectivity index (χ4v) is 4.60. The summed E-state index contributed by atoms with van der Waals surface area (Å²) in [6.45, 7) is 7.93. The predicted molar refractivity (Wildman–Crippen MR) is 140 cm³/mol. The number of thioether (sulfide) groups is 1. The number of hydrogen-bond donors (Lipinski definition) is 2. The minimum Gasteiger partial charge on any atom is -0.497 e. The number of nitrogens with one attached hydrogen (secondary N) is 1. The number of nitrogens with two attached hydrogens (primary N) is 1. The fourth-order valence-electron chi connectivity index (χ4n) is 3.49. The maximum atomic E-state index is 13.5. The molecule has 0 aliphatic carbocycles. The zero-order chi connectivity index (χ0) is 25.7. The van der Waals surface area contributed by atoms with Crippen molar-refractivity contribution in [3.63, 3.8) is 0 Å². The Kier molecular flexibility index (Phi) is 8.34. The van der Waals surface area contributed by atoms with Gasteiger partial charge >= 0.3 is 6.03 Å². The van der Waals surface area contributed by atoms with Crippen LogP contribution in [0.15, 0.2) is 59.2 Å². The molecule has 0 saturated carbocycles. The van der Waals surface area contributed by atoms with Gasteiger partial charge in [0.25, 0.3) is 5.91 Å². The number of primary amides is 1. The predicted octanol–water partition coefficient (Wildman–Crippen LogP) is 4.52. The molecule has 1 atom stereocenters. The number of aliphatic imine (C=N–C) groups is 1. The lowest BCUT2D eigenvalue weighted by Gasteiger charge is -2.23. The number of amidine groups is 1. The Morgan fingerprint density at radius 3 is 2.37 bits per heavy atom. The number of rotatable bonds is 7. The number of carbonyl (C=O) groups is 3. The highest BCUT2D eigenvalue weighted by molar-refractivity contribution is 8.15. The smallest absolute Gasteiger partial charge is 0.318 e. The normalized spacial score (nSPS) is 15.5. The topological polar surface area (TPSA) is 114 Å². The summed E-state index contributed by atoms with van der Waals surface area (Å²) in [6.07, 6.45) is 1.72. The molecule has 35 heavy (non-hydrogen) atoms. The molecule has 3 rings (SSSR count). The number of ether oxygens (including phenoxy) is 1. The Morgan fingerprint density at radius 2 is 1.80 bits per heavy atom. The summed E-state index contributed by atoms with van der Waals surface area (Å²) in [4.78, 5) is 43.5. The summed E-state index contributed by atoms with van der Waals surface area (Å²) in [5.74, 6) is -0.0606. The molecular formula is C26H30N4O4S. The van der Waals surface area contributed by atoms with Crippen molar-refractivity contribution >= 4 is 46.5 Å². The van der Waals surface area contributed by atoms with E-state index in [0.717, 1.165) is 17.3 Å². The number of carbonyl (C=O) groups excluding carboxylic acids is 3. The summed E-state index contributed by atoms with van der Waals surface area (Å²) >= 11 is 1.10. The van der Waals surface area contributed by atoms with E-state index in [2.05, 4.69) is 24.2 Å². The first-order chi connectivity index (χ1) is 16.6. The molecule has 0 bridgehead atoms. The molecule has 3 N–H and O–H groups in total. The third kappa shape index (κ3) is 6.30. The maximum absolute atomic E-state index is 13.5. The first kappa shape index (κ1) is 26.0. The van der Waals surface area contributed by atoms with Gasteiger partial charge in [0.15, 0.2) is 5.17 Å². The highest BCUT2D eigenvalue weighted by Gasteiger charge is 2.36. The van der Waals surface area contributed by atoms with E-state index in [-0.39, 0.29) is 17.5 Å². The van der Waals surface area contributed by atoms with Gasteiger partial charge in [-0.3, -0.25) is 19.8 Å². The van der Waals surface area contributed by atoms with Crippen LogP contribution in [0.5, 0.6) is 5.75 Å². The number of imide groups is 1. The van der Waals surface area contributed by atoms with Gasteiger partial charge in [-0.1, -0.05) is 69.8 Å². The highest BCUT2D eigenvalue weighted by Crippen LogP contribution is 2.34. The Bertz CT molecular complexity index is 1170. The van der Waals surface area contributed by atoms with Crippen LogP contribution in [0.1, 0.15) is 44.7 Å². The van der Waals surface area contributed by atoms with Crippen LogP contribution < -0.4 is 20.7 Å².